The highest BCUT2D eigenvalue weighted by molar-refractivity contribution is 6.32. The van der Waals surface area contributed by atoms with Crippen LogP contribution in [0.2, 0.25) is 5.02 Å². The molecular weight excluding hydrogens is 451 g/mol. The Morgan fingerprint density at radius 3 is 2.39 bits per heavy atom. The van der Waals surface area contributed by atoms with Crippen LogP contribution in [0.5, 0.6) is 11.5 Å². The molecule has 1 aliphatic heterocycles. The third-order valence-corrected chi connectivity index (χ3v) is 6.04. The normalized spacial score (nSPS) is 18.7. The van der Waals surface area contributed by atoms with E-state index >= 15 is 0 Å². The second-order valence-corrected chi connectivity index (χ2v) is 8.47. The Labute approximate surface area is 198 Å². The zero-order valence-corrected chi connectivity index (χ0v) is 19.9. The van der Waals surface area contributed by atoms with Gasteiger partial charge in [0.05, 0.1) is 19.2 Å². The average Bonchev–Trinajstić information content (AvgIpc) is 2.80. The molecule has 2 aromatic rings. The highest BCUT2D eigenvalue weighted by atomic mass is 35.5. The smallest absolute Gasteiger partial charge is 0.341 e. The van der Waals surface area contributed by atoms with Gasteiger partial charge in [-0.05, 0) is 37.6 Å². The molecule has 33 heavy (non-hydrogen) atoms. The fourth-order valence-corrected chi connectivity index (χ4v) is 4.13. The van der Waals surface area contributed by atoms with Crippen LogP contribution in [0.1, 0.15) is 29.8 Å². The number of halogens is 2. The van der Waals surface area contributed by atoms with Gasteiger partial charge < -0.3 is 19.1 Å². The van der Waals surface area contributed by atoms with Gasteiger partial charge in [-0.1, -0.05) is 23.7 Å². The van der Waals surface area contributed by atoms with E-state index < -0.39 is 5.97 Å². The Kier molecular flexibility index (Phi) is 8.15. The van der Waals surface area contributed by atoms with Gasteiger partial charge in [0.1, 0.15) is 22.9 Å². The number of nitrogens with zero attached hydrogens (tertiary/aromatic N) is 2. The summed E-state index contributed by atoms with van der Waals surface area (Å²) in [6, 6.07) is 9.38. The number of rotatable bonds is 7. The summed E-state index contributed by atoms with van der Waals surface area (Å²) in [7, 11) is 2.70. The van der Waals surface area contributed by atoms with Crippen molar-refractivity contribution in [1.82, 2.24) is 9.80 Å². The largest absolute Gasteiger partial charge is 0.495 e. The zero-order valence-electron chi connectivity index (χ0n) is 19.1. The molecule has 0 saturated carbocycles. The number of esters is 1. The van der Waals surface area contributed by atoms with Gasteiger partial charge in [0.15, 0.2) is 6.61 Å². The molecular formula is C24H28ClFN2O5. The Balaban J connectivity index is 1.65. The highest BCUT2D eigenvalue weighted by Crippen LogP contribution is 2.33. The molecule has 2 unspecified atom stereocenters. The first-order valence-electron chi connectivity index (χ1n) is 10.6. The van der Waals surface area contributed by atoms with Crippen LogP contribution in [-0.2, 0) is 16.1 Å². The molecule has 1 amide bonds. The van der Waals surface area contributed by atoms with Crippen LogP contribution in [0.15, 0.2) is 36.4 Å². The molecule has 1 fully saturated rings. The summed E-state index contributed by atoms with van der Waals surface area (Å²) < 4.78 is 28.9. The highest BCUT2D eigenvalue weighted by Gasteiger charge is 2.32. The SMILES string of the molecule is COC(=O)c1cc(Cl)c(OC)cc1OCC(=O)N1CC(C)N(Cc2ccc(F)cc2)CC1C. The average molecular weight is 479 g/mol. The molecule has 2 atom stereocenters. The molecule has 7 nitrogen and oxygen atoms in total. The number of benzene rings is 2. The lowest BCUT2D eigenvalue weighted by atomic mass is 10.1. The van der Waals surface area contributed by atoms with Gasteiger partial charge >= 0.3 is 5.97 Å². The quantitative estimate of drug-likeness (QED) is 0.564. The molecule has 3 rings (SSSR count). The van der Waals surface area contributed by atoms with E-state index in [2.05, 4.69) is 11.8 Å². The molecule has 0 N–H and O–H groups in total. The summed E-state index contributed by atoms with van der Waals surface area (Å²) in [6.07, 6.45) is 0. The van der Waals surface area contributed by atoms with E-state index in [1.54, 1.807) is 17.0 Å². The summed E-state index contributed by atoms with van der Waals surface area (Å²) in [4.78, 5) is 29.1. The van der Waals surface area contributed by atoms with Crippen LogP contribution >= 0.6 is 11.6 Å². The Hall–Kier alpha value is -2.84. The number of hydrogen-bond donors (Lipinski definition) is 0. The Bertz CT molecular complexity index is 1000. The van der Waals surface area contributed by atoms with E-state index in [-0.39, 0.29) is 46.8 Å². The first kappa shape index (κ1) is 24.8. The van der Waals surface area contributed by atoms with Crippen molar-refractivity contribution < 1.29 is 28.2 Å². The molecule has 178 valence electrons. The molecule has 0 spiro atoms. The number of amides is 1. The minimum absolute atomic E-state index is 0.0439. The summed E-state index contributed by atoms with van der Waals surface area (Å²) in [5, 5.41) is 0.233. The topological polar surface area (TPSA) is 68.3 Å². The van der Waals surface area contributed by atoms with E-state index in [4.69, 9.17) is 25.8 Å². The van der Waals surface area contributed by atoms with Crippen molar-refractivity contribution in [3.05, 3.63) is 58.4 Å². The van der Waals surface area contributed by atoms with Crippen molar-refractivity contribution in [2.75, 3.05) is 33.9 Å². The molecule has 2 aromatic carbocycles. The van der Waals surface area contributed by atoms with E-state index in [1.807, 2.05) is 6.92 Å². The van der Waals surface area contributed by atoms with E-state index in [9.17, 15) is 14.0 Å². The number of ether oxygens (including phenoxy) is 3. The van der Waals surface area contributed by atoms with Crippen molar-refractivity contribution in [3.8, 4) is 11.5 Å². The molecule has 0 bridgehead atoms. The van der Waals surface area contributed by atoms with Crippen molar-refractivity contribution in [3.63, 3.8) is 0 Å². The predicted molar refractivity (Wildman–Crippen MR) is 122 cm³/mol. The van der Waals surface area contributed by atoms with Crippen LogP contribution in [0.4, 0.5) is 4.39 Å². The molecule has 0 aliphatic carbocycles. The Morgan fingerprint density at radius 1 is 1.06 bits per heavy atom. The molecule has 9 heteroatoms. The van der Waals surface area contributed by atoms with Crippen molar-refractivity contribution >= 4 is 23.5 Å². The number of hydrogen-bond acceptors (Lipinski definition) is 6. The minimum atomic E-state index is -0.626. The second-order valence-electron chi connectivity index (χ2n) is 8.06. The van der Waals surface area contributed by atoms with Crippen molar-refractivity contribution in [1.29, 1.82) is 0 Å². The van der Waals surface area contributed by atoms with Crippen LogP contribution in [0, 0.1) is 5.82 Å². The molecule has 0 aromatic heterocycles. The summed E-state index contributed by atoms with van der Waals surface area (Å²) in [5.74, 6) is -0.599. The maximum atomic E-state index is 13.2. The summed E-state index contributed by atoms with van der Waals surface area (Å²) in [6.45, 7) is 5.66. The second kappa shape index (κ2) is 10.9. The maximum Gasteiger partial charge on any atom is 0.341 e. The van der Waals surface area contributed by atoms with Gasteiger partial charge in [-0.25, -0.2) is 9.18 Å². The van der Waals surface area contributed by atoms with E-state index in [0.29, 0.717) is 25.4 Å². The van der Waals surface area contributed by atoms with E-state index in [1.165, 1.54) is 38.5 Å². The first-order valence-corrected chi connectivity index (χ1v) is 11.0. The number of carbonyl (C=O) groups excluding carboxylic acids is 2. The van der Waals surface area contributed by atoms with Crippen LogP contribution in [-0.4, -0.2) is 67.7 Å². The van der Waals surface area contributed by atoms with Crippen molar-refractivity contribution in [2.24, 2.45) is 0 Å². The lowest BCUT2D eigenvalue weighted by molar-refractivity contribution is -0.139. The van der Waals surface area contributed by atoms with E-state index in [0.717, 1.165) is 5.56 Å². The number of methoxy groups -OCH3 is 2. The van der Waals surface area contributed by atoms with Gasteiger partial charge in [0, 0.05) is 37.8 Å². The number of carbonyl (C=O) groups is 2. The third kappa shape index (κ3) is 5.94. The standard InChI is InChI=1S/C24H28ClFN2O5/c1-15-12-28(16(2)11-27(15)13-17-5-7-18(26)8-6-17)23(29)14-33-21-10-22(31-3)20(25)9-19(21)24(30)32-4/h5-10,15-16H,11-14H2,1-4H3. The van der Waals surface area contributed by atoms with Gasteiger partial charge in [0.2, 0.25) is 0 Å². The van der Waals surface area contributed by atoms with Gasteiger partial charge in [0.25, 0.3) is 5.91 Å². The monoisotopic (exact) mass is 478 g/mol. The first-order chi connectivity index (χ1) is 15.7. The van der Waals surface area contributed by atoms with Crippen LogP contribution in [0.25, 0.3) is 0 Å². The fourth-order valence-electron chi connectivity index (χ4n) is 3.89. The van der Waals surface area contributed by atoms with Crippen LogP contribution in [0.3, 0.4) is 0 Å². The number of piperazine rings is 1. The molecule has 1 saturated heterocycles. The molecule has 0 radical (unpaired) electrons. The van der Waals surface area contributed by atoms with Crippen molar-refractivity contribution in [2.45, 2.75) is 32.5 Å². The third-order valence-electron chi connectivity index (χ3n) is 5.74. The lowest BCUT2D eigenvalue weighted by Crippen LogP contribution is -2.58. The van der Waals surface area contributed by atoms with Gasteiger partial charge in [-0.3, -0.25) is 9.69 Å². The molecule has 1 heterocycles. The fraction of sp³-hybridized carbons (Fsp3) is 0.417. The van der Waals surface area contributed by atoms with Gasteiger partial charge in [-0.15, -0.1) is 0 Å². The summed E-state index contributed by atoms with van der Waals surface area (Å²) in [5.41, 5.74) is 1.13. The zero-order chi connectivity index (χ0) is 24.1. The minimum Gasteiger partial charge on any atom is -0.495 e. The Morgan fingerprint density at radius 2 is 1.76 bits per heavy atom. The van der Waals surface area contributed by atoms with Crippen LogP contribution < -0.4 is 9.47 Å². The summed E-state index contributed by atoms with van der Waals surface area (Å²) >= 11 is 6.11. The molecule has 1 aliphatic rings. The maximum absolute atomic E-state index is 13.2. The predicted octanol–water partition coefficient (Wildman–Crippen LogP) is 3.77. The van der Waals surface area contributed by atoms with Gasteiger partial charge in [-0.2, -0.15) is 0 Å². The lowest BCUT2D eigenvalue weighted by Gasteiger charge is -2.44.